The minimum absolute atomic E-state index is 0.0821. The monoisotopic (exact) mass is 427 g/mol. The summed E-state index contributed by atoms with van der Waals surface area (Å²) >= 11 is 0. The van der Waals surface area contributed by atoms with Crippen molar-refractivity contribution in [3.8, 4) is 0 Å². The molecule has 5 rings (SSSR count). The third-order valence-corrected chi connectivity index (χ3v) is 6.21. The van der Waals surface area contributed by atoms with Gasteiger partial charge in [0.05, 0.1) is 17.6 Å². The van der Waals surface area contributed by atoms with Crippen LogP contribution in [-0.2, 0) is 18.6 Å². The molecular weight excluding hydrogens is 402 g/mol. The van der Waals surface area contributed by atoms with Crippen LogP contribution in [0.4, 0.5) is 0 Å². The van der Waals surface area contributed by atoms with Crippen LogP contribution in [-0.4, -0.2) is 48.5 Å². The van der Waals surface area contributed by atoms with Crippen molar-refractivity contribution >= 4 is 17.1 Å². The van der Waals surface area contributed by atoms with Crippen molar-refractivity contribution in [3.63, 3.8) is 0 Å². The Labute approximate surface area is 186 Å². The minimum Gasteiger partial charge on any atom is -0.383 e. The lowest BCUT2D eigenvalue weighted by molar-refractivity contribution is -0.0244. The van der Waals surface area contributed by atoms with Crippen molar-refractivity contribution in [1.29, 1.82) is 0 Å². The molecule has 1 saturated heterocycles. The van der Waals surface area contributed by atoms with Gasteiger partial charge in [0.2, 0.25) is 0 Å². The second kappa shape index (κ2) is 8.51. The fourth-order valence-electron chi connectivity index (χ4n) is 4.28. The van der Waals surface area contributed by atoms with E-state index in [1.54, 1.807) is 23.6 Å². The average molecular weight is 428 g/mol. The minimum atomic E-state index is -0.988. The Morgan fingerprint density at radius 2 is 1.78 bits per heavy atom. The molecule has 32 heavy (non-hydrogen) atoms. The number of piperidine rings is 1. The zero-order chi connectivity index (χ0) is 22.0. The summed E-state index contributed by atoms with van der Waals surface area (Å²) in [6, 6.07) is 17.7. The fraction of sp³-hybridized carbons (Fsp3) is 0.280. The van der Waals surface area contributed by atoms with Gasteiger partial charge in [-0.3, -0.25) is 9.78 Å². The van der Waals surface area contributed by atoms with E-state index in [0.29, 0.717) is 42.7 Å². The first-order chi connectivity index (χ1) is 15.6. The first-order valence-electron chi connectivity index (χ1n) is 10.9. The van der Waals surface area contributed by atoms with E-state index in [4.69, 9.17) is 0 Å². The van der Waals surface area contributed by atoms with Crippen molar-refractivity contribution in [1.82, 2.24) is 24.4 Å². The molecule has 3 aromatic heterocycles. The number of aromatic nitrogens is 4. The molecule has 0 saturated carbocycles. The van der Waals surface area contributed by atoms with Crippen LogP contribution in [0.1, 0.15) is 34.5 Å². The number of carbonyl (C=O) groups excluding carboxylic acids is 1. The second-order valence-corrected chi connectivity index (χ2v) is 8.28. The van der Waals surface area contributed by atoms with Crippen molar-refractivity contribution in [2.45, 2.75) is 31.4 Å². The predicted octanol–water partition coefficient (Wildman–Crippen LogP) is 3.19. The molecule has 0 atom stereocenters. The van der Waals surface area contributed by atoms with Gasteiger partial charge in [0.1, 0.15) is 11.1 Å². The number of aryl methyl sites for hydroxylation is 2. The van der Waals surface area contributed by atoms with Gasteiger partial charge in [0.25, 0.3) is 5.91 Å². The number of benzene rings is 1. The highest BCUT2D eigenvalue weighted by molar-refractivity contribution is 5.96. The van der Waals surface area contributed by atoms with Crippen molar-refractivity contribution < 1.29 is 9.90 Å². The zero-order valence-electron chi connectivity index (χ0n) is 17.8. The molecule has 7 nitrogen and oxygen atoms in total. The van der Waals surface area contributed by atoms with E-state index in [0.717, 1.165) is 18.6 Å². The van der Waals surface area contributed by atoms with Gasteiger partial charge in [-0.2, -0.15) is 0 Å². The summed E-state index contributed by atoms with van der Waals surface area (Å²) in [5.74, 6) is -0.0821. The van der Waals surface area contributed by atoms with Gasteiger partial charge in [0.15, 0.2) is 5.65 Å². The maximum absolute atomic E-state index is 13.1. The average Bonchev–Trinajstić information content (AvgIpc) is 3.26. The van der Waals surface area contributed by atoms with Gasteiger partial charge >= 0.3 is 0 Å². The number of imidazole rings is 1. The van der Waals surface area contributed by atoms with Crippen LogP contribution >= 0.6 is 0 Å². The van der Waals surface area contributed by atoms with Gasteiger partial charge in [0, 0.05) is 32.0 Å². The van der Waals surface area contributed by atoms with Gasteiger partial charge in [-0.05, 0) is 43.0 Å². The Balaban J connectivity index is 1.26. The van der Waals surface area contributed by atoms with E-state index in [2.05, 4.69) is 27.1 Å². The topological polar surface area (TPSA) is 84.1 Å². The molecule has 1 aliphatic rings. The van der Waals surface area contributed by atoms with Crippen LogP contribution in [0, 0.1) is 0 Å². The van der Waals surface area contributed by atoms with E-state index in [-0.39, 0.29) is 5.91 Å². The molecule has 1 N–H and O–H groups in total. The molecule has 0 radical (unpaired) electrons. The standard InChI is InChI=1S/C25H25N5O2/c31-24(29-14-10-25(32,11-15-29)22-8-4-5-12-26-22)20-16-21-23(27-17-20)30(18-28-21)13-9-19-6-2-1-3-7-19/h1-8,12,16-18,32H,9-11,13-15H2. The van der Waals surface area contributed by atoms with Crippen molar-refractivity contribution in [2.24, 2.45) is 0 Å². The SMILES string of the molecule is O=C(c1cnc2c(c1)ncn2CCc1ccccc1)N1CCC(O)(c2ccccn2)CC1. The molecule has 1 amide bonds. The first-order valence-corrected chi connectivity index (χ1v) is 10.9. The quantitative estimate of drug-likeness (QED) is 0.529. The highest BCUT2D eigenvalue weighted by Gasteiger charge is 2.36. The fourth-order valence-corrected chi connectivity index (χ4v) is 4.28. The molecule has 4 heterocycles. The van der Waals surface area contributed by atoms with Crippen LogP contribution in [0.2, 0.25) is 0 Å². The number of hydrogen-bond donors (Lipinski definition) is 1. The number of nitrogens with zero attached hydrogens (tertiary/aromatic N) is 5. The molecule has 0 aliphatic carbocycles. The summed E-state index contributed by atoms with van der Waals surface area (Å²) in [6.45, 7) is 1.71. The summed E-state index contributed by atoms with van der Waals surface area (Å²) in [5.41, 5.74) is 2.95. The van der Waals surface area contributed by atoms with Crippen LogP contribution in [0.5, 0.6) is 0 Å². The van der Waals surface area contributed by atoms with Crippen LogP contribution < -0.4 is 0 Å². The maximum Gasteiger partial charge on any atom is 0.255 e. The van der Waals surface area contributed by atoms with Crippen molar-refractivity contribution in [3.05, 3.63) is 90.1 Å². The van der Waals surface area contributed by atoms with Crippen LogP contribution in [0.15, 0.2) is 73.3 Å². The normalized spacial score (nSPS) is 15.7. The summed E-state index contributed by atoms with van der Waals surface area (Å²) in [5, 5.41) is 11.0. The molecular formula is C25H25N5O2. The molecule has 162 valence electrons. The highest BCUT2D eigenvalue weighted by atomic mass is 16.3. The summed E-state index contributed by atoms with van der Waals surface area (Å²) in [4.78, 5) is 28.1. The van der Waals surface area contributed by atoms with E-state index < -0.39 is 5.60 Å². The Hall–Kier alpha value is -3.58. The molecule has 0 bridgehead atoms. The van der Waals surface area contributed by atoms with Gasteiger partial charge in [-0.25, -0.2) is 9.97 Å². The van der Waals surface area contributed by atoms with E-state index in [1.807, 2.05) is 47.0 Å². The molecule has 0 spiro atoms. The second-order valence-electron chi connectivity index (χ2n) is 8.28. The molecule has 0 unspecified atom stereocenters. The van der Waals surface area contributed by atoms with E-state index >= 15 is 0 Å². The maximum atomic E-state index is 13.1. The number of fused-ring (bicyclic) bond motifs is 1. The smallest absolute Gasteiger partial charge is 0.255 e. The Morgan fingerprint density at radius 3 is 2.53 bits per heavy atom. The predicted molar refractivity (Wildman–Crippen MR) is 121 cm³/mol. The number of aliphatic hydroxyl groups is 1. The molecule has 1 aliphatic heterocycles. The zero-order valence-corrected chi connectivity index (χ0v) is 17.8. The number of hydrogen-bond acceptors (Lipinski definition) is 5. The van der Waals surface area contributed by atoms with Crippen LogP contribution in [0.25, 0.3) is 11.2 Å². The van der Waals surface area contributed by atoms with E-state index in [9.17, 15) is 9.90 Å². The first kappa shape index (κ1) is 20.3. The summed E-state index contributed by atoms with van der Waals surface area (Å²) in [6.07, 6.45) is 6.90. The largest absolute Gasteiger partial charge is 0.383 e. The molecule has 4 aromatic rings. The highest BCUT2D eigenvalue weighted by Crippen LogP contribution is 2.32. The number of pyridine rings is 2. The lowest BCUT2D eigenvalue weighted by atomic mass is 9.87. The summed E-state index contributed by atoms with van der Waals surface area (Å²) < 4.78 is 2.02. The van der Waals surface area contributed by atoms with Gasteiger partial charge in [-0.15, -0.1) is 0 Å². The third-order valence-electron chi connectivity index (χ3n) is 6.21. The Bertz CT molecular complexity index is 1220. The van der Waals surface area contributed by atoms with Crippen molar-refractivity contribution in [2.75, 3.05) is 13.1 Å². The number of carbonyl (C=O) groups is 1. The van der Waals surface area contributed by atoms with Gasteiger partial charge < -0.3 is 14.6 Å². The van der Waals surface area contributed by atoms with E-state index in [1.165, 1.54) is 5.56 Å². The Kier molecular flexibility index (Phi) is 5.41. The lowest BCUT2D eigenvalue weighted by Gasteiger charge is -2.37. The molecule has 7 heteroatoms. The van der Waals surface area contributed by atoms with Crippen LogP contribution in [0.3, 0.4) is 0 Å². The van der Waals surface area contributed by atoms with Gasteiger partial charge in [-0.1, -0.05) is 36.4 Å². The molecule has 1 aromatic carbocycles. The Morgan fingerprint density at radius 1 is 1.00 bits per heavy atom. The third kappa shape index (κ3) is 3.99. The number of amides is 1. The number of likely N-dealkylation sites (tertiary alicyclic amines) is 1. The summed E-state index contributed by atoms with van der Waals surface area (Å²) in [7, 11) is 0. The number of rotatable bonds is 5. The molecule has 1 fully saturated rings. The lowest BCUT2D eigenvalue weighted by Crippen LogP contribution is -2.45.